The Morgan fingerprint density at radius 3 is 2.48 bits per heavy atom. The van der Waals surface area contributed by atoms with Gasteiger partial charge in [0.2, 0.25) is 5.88 Å². The normalized spacial score (nSPS) is 13.2. The minimum atomic E-state index is -0.0460. The molecular weight excluding hydrogens is 262 g/mol. The second kappa shape index (κ2) is 8.38. The molecule has 1 heterocycles. The van der Waals surface area contributed by atoms with E-state index < -0.39 is 0 Å². The van der Waals surface area contributed by atoms with Crippen molar-refractivity contribution in [1.82, 2.24) is 4.98 Å². The molecule has 3 nitrogen and oxygen atoms in total. The first kappa shape index (κ1) is 18.0. The molecule has 0 aliphatic heterocycles. The maximum atomic E-state index is 9.41. The summed E-state index contributed by atoms with van der Waals surface area (Å²) in [6.45, 7) is 11.5. The van der Waals surface area contributed by atoms with Gasteiger partial charge in [0.15, 0.2) is 0 Å². The van der Waals surface area contributed by atoms with Crippen molar-refractivity contribution in [3.05, 3.63) is 23.4 Å². The predicted octanol–water partition coefficient (Wildman–Crippen LogP) is 4.47. The third-order valence-corrected chi connectivity index (χ3v) is 3.82. The van der Waals surface area contributed by atoms with E-state index in [1.165, 1.54) is 19.3 Å². The van der Waals surface area contributed by atoms with Crippen LogP contribution in [0.1, 0.15) is 71.6 Å². The van der Waals surface area contributed by atoms with E-state index in [1.807, 2.05) is 12.1 Å². The van der Waals surface area contributed by atoms with Crippen molar-refractivity contribution in [3.63, 3.8) is 0 Å². The minimum absolute atomic E-state index is 0.0228. The van der Waals surface area contributed by atoms with Crippen LogP contribution in [0.25, 0.3) is 0 Å². The Bertz CT molecular complexity index is 424. The molecule has 0 amide bonds. The lowest BCUT2D eigenvalue weighted by Gasteiger charge is -2.21. The van der Waals surface area contributed by atoms with Crippen LogP contribution in [0.5, 0.6) is 5.88 Å². The largest absolute Gasteiger partial charge is 0.477 e. The smallest absolute Gasteiger partial charge is 0.213 e. The Balaban J connectivity index is 2.78. The van der Waals surface area contributed by atoms with Gasteiger partial charge in [-0.1, -0.05) is 53.9 Å². The van der Waals surface area contributed by atoms with Crippen molar-refractivity contribution < 1.29 is 9.84 Å². The number of nitrogens with zero attached hydrogens (tertiary/aromatic N) is 1. The molecular formula is C18H31NO2. The van der Waals surface area contributed by atoms with E-state index in [4.69, 9.17) is 4.74 Å². The van der Waals surface area contributed by atoms with E-state index in [2.05, 4.69) is 39.6 Å². The zero-order chi connectivity index (χ0) is 15.9. The van der Waals surface area contributed by atoms with Gasteiger partial charge in [-0.2, -0.15) is 0 Å². The highest BCUT2D eigenvalue weighted by molar-refractivity contribution is 5.28. The fourth-order valence-electron chi connectivity index (χ4n) is 2.21. The SMILES string of the molecule is CCCCC(CC)COc1cc(CO)cc(C(C)(C)C)n1. The number of ether oxygens (including phenoxy) is 1. The van der Waals surface area contributed by atoms with E-state index in [0.717, 1.165) is 17.7 Å². The maximum Gasteiger partial charge on any atom is 0.213 e. The van der Waals surface area contributed by atoms with E-state index in [1.54, 1.807) is 0 Å². The fraction of sp³-hybridized carbons (Fsp3) is 0.722. The van der Waals surface area contributed by atoms with Crippen molar-refractivity contribution in [2.24, 2.45) is 5.92 Å². The zero-order valence-corrected chi connectivity index (χ0v) is 14.3. The summed E-state index contributed by atoms with van der Waals surface area (Å²) in [4.78, 5) is 4.61. The Labute approximate surface area is 129 Å². The van der Waals surface area contributed by atoms with Crippen molar-refractivity contribution >= 4 is 0 Å². The van der Waals surface area contributed by atoms with E-state index in [9.17, 15) is 5.11 Å². The number of hydrogen-bond acceptors (Lipinski definition) is 3. The summed E-state index contributed by atoms with van der Waals surface area (Å²) in [5, 5.41) is 9.41. The Kier molecular flexibility index (Phi) is 7.16. The number of aliphatic hydroxyl groups is 1. The molecule has 0 radical (unpaired) electrons. The number of unbranched alkanes of at least 4 members (excludes halogenated alkanes) is 1. The first-order chi connectivity index (χ1) is 9.90. The van der Waals surface area contributed by atoms with E-state index >= 15 is 0 Å². The van der Waals surface area contributed by atoms with Crippen LogP contribution in [0.4, 0.5) is 0 Å². The minimum Gasteiger partial charge on any atom is -0.477 e. The molecule has 0 saturated carbocycles. The van der Waals surface area contributed by atoms with Gasteiger partial charge < -0.3 is 9.84 Å². The Morgan fingerprint density at radius 2 is 1.95 bits per heavy atom. The topological polar surface area (TPSA) is 42.4 Å². The molecule has 1 N–H and O–H groups in total. The number of rotatable bonds is 8. The first-order valence-corrected chi connectivity index (χ1v) is 8.15. The molecule has 0 fully saturated rings. The summed E-state index contributed by atoms with van der Waals surface area (Å²) in [5.74, 6) is 1.23. The second-order valence-corrected chi connectivity index (χ2v) is 6.83. The average molecular weight is 293 g/mol. The maximum absolute atomic E-state index is 9.41. The highest BCUT2D eigenvalue weighted by Crippen LogP contribution is 2.25. The molecule has 1 rings (SSSR count). The number of hydrogen-bond donors (Lipinski definition) is 1. The van der Waals surface area contributed by atoms with Gasteiger partial charge in [-0.25, -0.2) is 4.98 Å². The molecule has 120 valence electrons. The molecule has 3 heteroatoms. The van der Waals surface area contributed by atoms with Crippen LogP contribution in [0.15, 0.2) is 12.1 Å². The number of aliphatic hydroxyl groups excluding tert-OH is 1. The van der Waals surface area contributed by atoms with Crippen LogP contribution in [0.2, 0.25) is 0 Å². The van der Waals surface area contributed by atoms with Gasteiger partial charge in [-0.05, 0) is 24.0 Å². The lowest BCUT2D eigenvalue weighted by atomic mass is 9.91. The van der Waals surface area contributed by atoms with Gasteiger partial charge >= 0.3 is 0 Å². The predicted molar refractivity (Wildman–Crippen MR) is 87.7 cm³/mol. The Hall–Kier alpha value is -1.09. The quantitative estimate of drug-likeness (QED) is 0.769. The van der Waals surface area contributed by atoms with Gasteiger partial charge in [0.1, 0.15) is 0 Å². The van der Waals surface area contributed by atoms with Gasteiger partial charge in [-0.15, -0.1) is 0 Å². The Morgan fingerprint density at radius 1 is 1.24 bits per heavy atom. The molecule has 0 aliphatic rings. The third kappa shape index (κ3) is 6.04. The van der Waals surface area contributed by atoms with Crippen molar-refractivity contribution in [2.75, 3.05) is 6.61 Å². The molecule has 0 saturated heterocycles. The molecule has 0 aromatic carbocycles. The second-order valence-electron chi connectivity index (χ2n) is 6.83. The zero-order valence-electron chi connectivity index (χ0n) is 14.3. The van der Waals surface area contributed by atoms with Gasteiger partial charge in [-0.3, -0.25) is 0 Å². The number of aromatic nitrogens is 1. The van der Waals surface area contributed by atoms with Crippen LogP contribution < -0.4 is 4.74 Å². The summed E-state index contributed by atoms with van der Waals surface area (Å²) in [5.41, 5.74) is 1.78. The lowest BCUT2D eigenvalue weighted by Crippen LogP contribution is -2.16. The standard InChI is InChI=1S/C18H31NO2/c1-6-8-9-14(7-2)13-21-17-11-15(12-20)10-16(19-17)18(3,4)5/h10-11,14,20H,6-9,12-13H2,1-5H3. The molecule has 0 bridgehead atoms. The highest BCUT2D eigenvalue weighted by atomic mass is 16.5. The molecule has 0 spiro atoms. The van der Waals surface area contributed by atoms with Crippen molar-refractivity contribution in [2.45, 2.75) is 72.3 Å². The van der Waals surface area contributed by atoms with Crippen molar-refractivity contribution in [3.8, 4) is 5.88 Å². The van der Waals surface area contributed by atoms with Crippen LogP contribution in [-0.4, -0.2) is 16.7 Å². The lowest BCUT2D eigenvalue weighted by molar-refractivity contribution is 0.223. The van der Waals surface area contributed by atoms with Crippen molar-refractivity contribution in [1.29, 1.82) is 0 Å². The van der Waals surface area contributed by atoms with E-state index in [-0.39, 0.29) is 12.0 Å². The highest BCUT2D eigenvalue weighted by Gasteiger charge is 2.18. The van der Waals surface area contributed by atoms with Gasteiger partial charge in [0, 0.05) is 11.5 Å². The third-order valence-electron chi connectivity index (χ3n) is 3.82. The summed E-state index contributed by atoms with van der Waals surface area (Å²) in [6, 6.07) is 3.81. The molecule has 1 unspecified atom stereocenters. The average Bonchev–Trinajstić information content (AvgIpc) is 2.46. The fourth-order valence-corrected chi connectivity index (χ4v) is 2.21. The first-order valence-electron chi connectivity index (χ1n) is 8.15. The summed E-state index contributed by atoms with van der Waals surface area (Å²) >= 11 is 0. The molecule has 0 aliphatic carbocycles. The summed E-state index contributed by atoms with van der Waals surface area (Å²) in [7, 11) is 0. The van der Waals surface area contributed by atoms with Crippen LogP contribution in [-0.2, 0) is 12.0 Å². The van der Waals surface area contributed by atoms with Gasteiger partial charge in [0.05, 0.1) is 18.9 Å². The summed E-state index contributed by atoms with van der Waals surface area (Å²) in [6.07, 6.45) is 4.81. The number of pyridine rings is 1. The molecule has 1 atom stereocenters. The molecule has 1 aromatic heterocycles. The van der Waals surface area contributed by atoms with Crippen LogP contribution in [0, 0.1) is 5.92 Å². The van der Waals surface area contributed by atoms with E-state index in [0.29, 0.717) is 18.4 Å². The molecule has 21 heavy (non-hydrogen) atoms. The summed E-state index contributed by atoms with van der Waals surface area (Å²) < 4.78 is 5.91. The van der Waals surface area contributed by atoms with Gasteiger partial charge in [0.25, 0.3) is 0 Å². The monoisotopic (exact) mass is 293 g/mol. The van der Waals surface area contributed by atoms with Crippen LogP contribution >= 0.6 is 0 Å². The van der Waals surface area contributed by atoms with Crippen LogP contribution in [0.3, 0.4) is 0 Å². The molecule has 1 aromatic rings.